The van der Waals surface area contributed by atoms with Crippen LogP contribution in [0.2, 0.25) is 0 Å². The van der Waals surface area contributed by atoms with Crippen LogP contribution >= 0.6 is 11.3 Å². The first-order valence-electron chi connectivity index (χ1n) is 12.3. The summed E-state index contributed by atoms with van der Waals surface area (Å²) in [6.07, 6.45) is 2.34. The molecule has 0 radical (unpaired) electrons. The summed E-state index contributed by atoms with van der Waals surface area (Å²) in [6.45, 7) is 3.30. The number of carbonyl (C=O) groups excluding carboxylic acids is 5. The van der Waals surface area contributed by atoms with Crippen molar-refractivity contribution in [3.63, 3.8) is 0 Å². The van der Waals surface area contributed by atoms with E-state index in [1.807, 2.05) is 17.5 Å². The van der Waals surface area contributed by atoms with Gasteiger partial charge in [-0.3, -0.25) is 24.0 Å². The topological polar surface area (TPSA) is 119 Å². The Morgan fingerprint density at radius 2 is 1.91 bits per heavy atom. The fraction of sp³-hybridized carbons (Fsp3) is 0.625. The second kappa shape index (κ2) is 9.60. The SMILES string of the molecule is CC(=O)N1CCC(C(=O)N2CC[C@H]3NC(=O)[C@H]4C[C@H](NC(=O)Cc5cccs5)CN4C(=O)[C@H]32)CC1. The van der Waals surface area contributed by atoms with Gasteiger partial charge in [0.2, 0.25) is 29.5 Å². The molecule has 5 amide bonds. The van der Waals surface area contributed by atoms with Crippen molar-refractivity contribution in [1.82, 2.24) is 25.3 Å². The monoisotopic (exact) mass is 501 g/mol. The summed E-state index contributed by atoms with van der Waals surface area (Å²) in [5.74, 6) is -0.854. The van der Waals surface area contributed by atoms with E-state index in [4.69, 9.17) is 0 Å². The van der Waals surface area contributed by atoms with Gasteiger partial charge in [0.1, 0.15) is 12.1 Å². The van der Waals surface area contributed by atoms with Crippen molar-refractivity contribution in [2.24, 2.45) is 5.92 Å². The number of hydrogen-bond donors (Lipinski definition) is 2. The molecular formula is C24H31N5O5S. The normalized spacial score (nSPS) is 28.9. The second-order valence-electron chi connectivity index (χ2n) is 9.92. The highest BCUT2D eigenvalue weighted by Gasteiger charge is 2.53. The van der Waals surface area contributed by atoms with Crippen LogP contribution in [0.3, 0.4) is 0 Å². The fourth-order valence-corrected chi connectivity index (χ4v) is 6.61. The first-order valence-corrected chi connectivity index (χ1v) is 13.2. The molecule has 0 unspecified atom stereocenters. The number of piperidine rings is 1. The average Bonchev–Trinajstić information content (AvgIpc) is 3.57. The van der Waals surface area contributed by atoms with Crippen LogP contribution in [0.5, 0.6) is 0 Å². The lowest BCUT2D eigenvalue weighted by molar-refractivity contribution is -0.148. The molecule has 4 fully saturated rings. The molecule has 0 saturated carbocycles. The van der Waals surface area contributed by atoms with Gasteiger partial charge in [0, 0.05) is 49.9 Å². The van der Waals surface area contributed by atoms with Gasteiger partial charge in [-0.2, -0.15) is 0 Å². The van der Waals surface area contributed by atoms with Gasteiger partial charge in [0.25, 0.3) is 0 Å². The molecule has 4 atom stereocenters. The van der Waals surface area contributed by atoms with Crippen LogP contribution in [0.1, 0.15) is 37.5 Å². The third-order valence-electron chi connectivity index (χ3n) is 7.72. The average molecular weight is 502 g/mol. The van der Waals surface area contributed by atoms with Gasteiger partial charge in [0.05, 0.1) is 12.5 Å². The summed E-state index contributed by atoms with van der Waals surface area (Å²) >= 11 is 1.51. The molecule has 0 bridgehead atoms. The Morgan fingerprint density at radius 3 is 2.60 bits per heavy atom. The standard InChI is InChI=1S/C24H31N5O5S/c1-14(30)27-7-4-15(5-8-27)23(33)28-9-6-18-21(28)24(34)29-13-16(11-19(29)22(32)26-18)25-20(31)12-17-3-2-10-35-17/h2-3,10,15-16,18-19,21H,4-9,11-13H2,1H3,(H,25,31)(H,26,32)/t16-,18+,19+,21-/m0/s1. The Balaban J connectivity index is 1.25. The molecule has 0 spiro atoms. The first-order chi connectivity index (χ1) is 16.8. The molecule has 4 aliphatic rings. The summed E-state index contributed by atoms with van der Waals surface area (Å²) < 4.78 is 0. The number of fused-ring (bicyclic) bond motifs is 2. The Bertz CT molecular complexity index is 1020. The van der Waals surface area contributed by atoms with Crippen LogP contribution in [0.15, 0.2) is 17.5 Å². The molecule has 35 heavy (non-hydrogen) atoms. The van der Waals surface area contributed by atoms with Crippen LogP contribution in [0.4, 0.5) is 0 Å². The van der Waals surface area contributed by atoms with Crippen molar-refractivity contribution < 1.29 is 24.0 Å². The fourth-order valence-electron chi connectivity index (χ4n) is 5.90. The van der Waals surface area contributed by atoms with Gasteiger partial charge in [-0.15, -0.1) is 11.3 Å². The summed E-state index contributed by atoms with van der Waals surface area (Å²) in [5, 5.41) is 7.90. The molecule has 4 saturated heterocycles. The van der Waals surface area contributed by atoms with Gasteiger partial charge in [-0.1, -0.05) is 6.07 Å². The molecule has 5 heterocycles. The zero-order valence-electron chi connectivity index (χ0n) is 19.8. The van der Waals surface area contributed by atoms with Gasteiger partial charge >= 0.3 is 0 Å². The van der Waals surface area contributed by atoms with Crippen molar-refractivity contribution >= 4 is 40.9 Å². The number of amides is 5. The quantitative estimate of drug-likeness (QED) is 0.589. The molecule has 0 aliphatic carbocycles. The van der Waals surface area contributed by atoms with E-state index in [-0.39, 0.29) is 54.5 Å². The van der Waals surface area contributed by atoms with Crippen molar-refractivity contribution in [2.75, 3.05) is 26.2 Å². The Labute approximate surface area is 208 Å². The van der Waals surface area contributed by atoms with E-state index >= 15 is 0 Å². The number of thiophene rings is 1. The largest absolute Gasteiger partial charge is 0.351 e. The number of nitrogens with zero attached hydrogens (tertiary/aromatic N) is 3. The van der Waals surface area contributed by atoms with Crippen molar-refractivity contribution in [3.8, 4) is 0 Å². The van der Waals surface area contributed by atoms with Crippen LogP contribution < -0.4 is 10.6 Å². The third kappa shape index (κ3) is 4.65. The number of carbonyl (C=O) groups is 5. The maximum atomic E-state index is 13.7. The molecule has 10 nitrogen and oxygen atoms in total. The molecule has 5 rings (SSSR count). The lowest BCUT2D eigenvalue weighted by Crippen LogP contribution is -2.54. The first kappa shape index (κ1) is 23.8. The van der Waals surface area contributed by atoms with Gasteiger partial charge in [-0.25, -0.2) is 0 Å². The minimum Gasteiger partial charge on any atom is -0.351 e. The Hall–Kier alpha value is -2.95. The Kier molecular flexibility index (Phi) is 6.52. The van der Waals surface area contributed by atoms with Crippen molar-refractivity contribution in [3.05, 3.63) is 22.4 Å². The van der Waals surface area contributed by atoms with E-state index in [9.17, 15) is 24.0 Å². The van der Waals surface area contributed by atoms with Crippen LogP contribution in [-0.2, 0) is 30.4 Å². The summed E-state index contributed by atoms with van der Waals surface area (Å²) in [6, 6.07) is 1.74. The molecule has 0 aromatic carbocycles. The zero-order chi connectivity index (χ0) is 24.7. The zero-order valence-corrected chi connectivity index (χ0v) is 20.6. The van der Waals surface area contributed by atoms with Crippen LogP contribution in [0.25, 0.3) is 0 Å². The minimum absolute atomic E-state index is 0.0101. The molecular weight excluding hydrogens is 470 g/mol. The molecule has 1 aromatic heterocycles. The highest BCUT2D eigenvalue weighted by molar-refractivity contribution is 7.10. The van der Waals surface area contributed by atoms with Crippen molar-refractivity contribution in [1.29, 1.82) is 0 Å². The number of likely N-dealkylation sites (tertiary alicyclic amines) is 2. The molecule has 1 aromatic rings. The molecule has 11 heteroatoms. The van der Waals surface area contributed by atoms with Gasteiger partial charge < -0.3 is 25.3 Å². The summed E-state index contributed by atoms with van der Waals surface area (Å²) in [7, 11) is 0. The number of hydrogen-bond acceptors (Lipinski definition) is 6. The maximum Gasteiger partial charge on any atom is 0.248 e. The highest BCUT2D eigenvalue weighted by Crippen LogP contribution is 2.31. The predicted octanol–water partition coefficient (Wildman–Crippen LogP) is -0.266. The van der Waals surface area contributed by atoms with E-state index in [0.29, 0.717) is 45.3 Å². The number of rotatable bonds is 4. The van der Waals surface area contributed by atoms with E-state index in [1.54, 1.807) is 14.7 Å². The highest BCUT2D eigenvalue weighted by atomic mass is 32.1. The van der Waals surface area contributed by atoms with Crippen molar-refractivity contribution in [2.45, 2.75) is 63.2 Å². The minimum atomic E-state index is -0.720. The molecule has 4 aliphatic heterocycles. The van der Waals surface area contributed by atoms with Gasteiger partial charge in [-0.05, 0) is 37.1 Å². The van der Waals surface area contributed by atoms with E-state index in [0.717, 1.165) is 4.88 Å². The van der Waals surface area contributed by atoms with E-state index in [2.05, 4.69) is 10.6 Å². The van der Waals surface area contributed by atoms with E-state index < -0.39 is 18.1 Å². The van der Waals surface area contributed by atoms with Crippen LogP contribution in [0, 0.1) is 5.92 Å². The number of nitrogens with one attached hydrogen (secondary N) is 2. The third-order valence-corrected chi connectivity index (χ3v) is 8.59. The van der Waals surface area contributed by atoms with Gasteiger partial charge in [0.15, 0.2) is 0 Å². The summed E-state index contributed by atoms with van der Waals surface area (Å²) in [4.78, 5) is 70.1. The predicted molar refractivity (Wildman–Crippen MR) is 127 cm³/mol. The molecule has 188 valence electrons. The lowest BCUT2D eigenvalue weighted by atomic mass is 9.94. The smallest absolute Gasteiger partial charge is 0.248 e. The summed E-state index contributed by atoms with van der Waals surface area (Å²) in [5.41, 5.74) is 0. The second-order valence-corrected chi connectivity index (χ2v) is 11.0. The molecule has 2 N–H and O–H groups in total. The van der Waals surface area contributed by atoms with E-state index in [1.165, 1.54) is 18.3 Å². The maximum absolute atomic E-state index is 13.7. The Morgan fingerprint density at radius 1 is 1.14 bits per heavy atom. The lowest BCUT2D eigenvalue weighted by Gasteiger charge is -2.35. The van der Waals surface area contributed by atoms with Crippen LogP contribution in [-0.4, -0.2) is 94.6 Å².